The summed E-state index contributed by atoms with van der Waals surface area (Å²) in [6.45, 7) is 2.25. The van der Waals surface area contributed by atoms with Crippen molar-refractivity contribution in [3.05, 3.63) is 53.1 Å². The standard InChI is InChI=1S/C26H33ClO2/c1-2-3-4-5-7-10-20-13-15-21(16-14-20)23-17-18-25(24(27)19-23)29-26(28)22-11-8-6-9-12-22/h13-19,22H,2-12H2,1H3. The van der Waals surface area contributed by atoms with Crippen LogP contribution in [0.2, 0.25) is 5.02 Å². The van der Waals surface area contributed by atoms with Crippen LogP contribution >= 0.6 is 11.6 Å². The molecule has 1 aliphatic rings. The molecule has 1 saturated carbocycles. The van der Waals surface area contributed by atoms with Gasteiger partial charge in [0, 0.05) is 0 Å². The van der Waals surface area contributed by atoms with Crippen molar-refractivity contribution in [3.8, 4) is 16.9 Å². The van der Waals surface area contributed by atoms with Gasteiger partial charge in [0.05, 0.1) is 10.9 Å². The van der Waals surface area contributed by atoms with E-state index in [1.165, 1.54) is 44.1 Å². The molecule has 0 aliphatic heterocycles. The summed E-state index contributed by atoms with van der Waals surface area (Å²) in [6.07, 6.45) is 13.0. The second-order valence-corrected chi connectivity index (χ2v) is 8.67. The number of rotatable bonds is 9. The van der Waals surface area contributed by atoms with E-state index in [2.05, 4.69) is 31.2 Å². The quantitative estimate of drug-likeness (QED) is 0.237. The number of carbonyl (C=O) groups is 1. The molecule has 0 aromatic heterocycles. The van der Waals surface area contributed by atoms with E-state index in [0.29, 0.717) is 10.8 Å². The second-order valence-electron chi connectivity index (χ2n) is 8.26. The van der Waals surface area contributed by atoms with Crippen molar-refractivity contribution in [3.63, 3.8) is 0 Å². The molecule has 0 spiro atoms. The van der Waals surface area contributed by atoms with E-state index in [1.54, 1.807) is 0 Å². The number of ether oxygens (including phenoxy) is 1. The fourth-order valence-electron chi connectivity index (χ4n) is 4.09. The van der Waals surface area contributed by atoms with Gasteiger partial charge < -0.3 is 4.74 Å². The summed E-state index contributed by atoms with van der Waals surface area (Å²) < 4.78 is 5.60. The predicted molar refractivity (Wildman–Crippen MR) is 122 cm³/mol. The Morgan fingerprint density at radius 3 is 2.31 bits per heavy atom. The molecule has 0 unspecified atom stereocenters. The lowest BCUT2D eigenvalue weighted by Crippen LogP contribution is -2.22. The number of esters is 1. The minimum absolute atomic E-state index is 0.0222. The Morgan fingerprint density at radius 2 is 1.62 bits per heavy atom. The van der Waals surface area contributed by atoms with Gasteiger partial charge in [-0.25, -0.2) is 0 Å². The van der Waals surface area contributed by atoms with E-state index in [9.17, 15) is 4.79 Å². The molecule has 1 aliphatic carbocycles. The molecule has 3 heteroatoms. The van der Waals surface area contributed by atoms with Gasteiger partial charge in [-0.1, -0.05) is 93.8 Å². The number of carbonyl (C=O) groups excluding carboxylic acids is 1. The van der Waals surface area contributed by atoms with Crippen LogP contribution in [-0.2, 0) is 11.2 Å². The number of halogens is 1. The Bertz CT molecular complexity index is 776. The molecule has 2 aromatic rings. The average molecular weight is 413 g/mol. The van der Waals surface area contributed by atoms with E-state index in [0.717, 1.165) is 43.2 Å². The number of benzene rings is 2. The SMILES string of the molecule is CCCCCCCc1ccc(-c2ccc(OC(=O)C3CCCCC3)c(Cl)c2)cc1. The van der Waals surface area contributed by atoms with E-state index in [-0.39, 0.29) is 11.9 Å². The van der Waals surface area contributed by atoms with Gasteiger partial charge in [0.25, 0.3) is 0 Å². The molecule has 2 nitrogen and oxygen atoms in total. The summed E-state index contributed by atoms with van der Waals surface area (Å²) >= 11 is 6.43. The van der Waals surface area contributed by atoms with Crippen molar-refractivity contribution in [1.29, 1.82) is 0 Å². The van der Waals surface area contributed by atoms with Crippen LogP contribution in [0.4, 0.5) is 0 Å². The summed E-state index contributed by atoms with van der Waals surface area (Å²) in [6, 6.07) is 14.4. The van der Waals surface area contributed by atoms with Crippen molar-refractivity contribution >= 4 is 17.6 Å². The Labute approximate surface area is 180 Å². The molecule has 0 radical (unpaired) electrons. The van der Waals surface area contributed by atoms with Crippen LogP contribution in [0.25, 0.3) is 11.1 Å². The molecule has 156 valence electrons. The topological polar surface area (TPSA) is 26.3 Å². The number of aryl methyl sites for hydroxylation is 1. The van der Waals surface area contributed by atoms with Crippen LogP contribution in [0.5, 0.6) is 5.75 Å². The predicted octanol–water partition coefficient (Wildman–Crippen LogP) is 8.01. The van der Waals surface area contributed by atoms with Crippen molar-refractivity contribution in [2.75, 3.05) is 0 Å². The van der Waals surface area contributed by atoms with Gasteiger partial charge in [0.1, 0.15) is 5.75 Å². The van der Waals surface area contributed by atoms with Crippen molar-refractivity contribution in [2.24, 2.45) is 5.92 Å². The highest BCUT2D eigenvalue weighted by molar-refractivity contribution is 6.32. The molecule has 1 fully saturated rings. The van der Waals surface area contributed by atoms with Crippen LogP contribution < -0.4 is 4.74 Å². The van der Waals surface area contributed by atoms with E-state index < -0.39 is 0 Å². The normalized spacial score (nSPS) is 14.7. The minimum Gasteiger partial charge on any atom is -0.425 e. The van der Waals surface area contributed by atoms with Crippen LogP contribution in [0, 0.1) is 5.92 Å². The highest BCUT2D eigenvalue weighted by atomic mass is 35.5. The summed E-state index contributed by atoms with van der Waals surface area (Å²) in [5.74, 6) is 0.353. The Morgan fingerprint density at radius 1 is 0.931 bits per heavy atom. The molecule has 0 heterocycles. The average Bonchev–Trinajstić information content (AvgIpc) is 2.76. The maximum atomic E-state index is 12.4. The van der Waals surface area contributed by atoms with Gasteiger partial charge >= 0.3 is 5.97 Å². The van der Waals surface area contributed by atoms with Crippen LogP contribution in [0.3, 0.4) is 0 Å². The molecule has 0 atom stereocenters. The number of unbranched alkanes of at least 4 members (excludes halogenated alkanes) is 4. The Hall–Kier alpha value is -1.80. The molecule has 29 heavy (non-hydrogen) atoms. The molecular weight excluding hydrogens is 380 g/mol. The monoisotopic (exact) mass is 412 g/mol. The first-order valence-electron chi connectivity index (χ1n) is 11.3. The molecular formula is C26H33ClO2. The van der Waals surface area contributed by atoms with Gasteiger partial charge in [-0.2, -0.15) is 0 Å². The third kappa shape index (κ3) is 6.60. The van der Waals surface area contributed by atoms with Crippen molar-refractivity contribution in [2.45, 2.75) is 77.6 Å². The zero-order chi connectivity index (χ0) is 20.5. The largest absolute Gasteiger partial charge is 0.425 e. The first kappa shape index (κ1) is 21.9. The zero-order valence-corrected chi connectivity index (χ0v) is 18.3. The minimum atomic E-state index is -0.136. The summed E-state index contributed by atoms with van der Waals surface area (Å²) in [5.41, 5.74) is 3.56. The Kier molecular flexibility index (Phi) is 8.61. The van der Waals surface area contributed by atoms with Gasteiger partial charge in [0.15, 0.2) is 0 Å². The van der Waals surface area contributed by atoms with E-state index in [1.807, 2.05) is 18.2 Å². The third-order valence-corrected chi connectivity index (χ3v) is 6.23. The van der Waals surface area contributed by atoms with Gasteiger partial charge in [-0.05, 0) is 54.5 Å². The summed E-state index contributed by atoms with van der Waals surface area (Å²) in [5, 5.41) is 0.492. The lowest BCUT2D eigenvalue weighted by atomic mass is 9.89. The molecule has 0 N–H and O–H groups in total. The van der Waals surface area contributed by atoms with Crippen LogP contribution in [0.15, 0.2) is 42.5 Å². The molecule has 0 saturated heterocycles. The van der Waals surface area contributed by atoms with Gasteiger partial charge in [-0.15, -0.1) is 0 Å². The van der Waals surface area contributed by atoms with E-state index >= 15 is 0 Å². The fourth-order valence-corrected chi connectivity index (χ4v) is 4.31. The van der Waals surface area contributed by atoms with Gasteiger partial charge in [0.2, 0.25) is 0 Å². The number of hydrogen-bond donors (Lipinski definition) is 0. The maximum Gasteiger partial charge on any atom is 0.314 e. The second kappa shape index (κ2) is 11.4. The maximum absolute atomic E-state index is 12.4. The highest BCUT2D eigenvalue weighted by Crippen LogP contribution is 2.32. The molecule has 0 bridgehead atoms. The van der Waals surface area contributed by atoms with Crippen molar-refractivity contribution in [1.82, 2.24) is 0 Å². The van der Waals surface area contributed by atoms with Crippen LogP contribution in [0.1, 0.15) is 76.7 Å². The third-order valence-electron chi connectivity index (χ3n) is 5.94. The van der Waals surface area contributed by atoms with Crippen LogP contribution in [-0.4, -0.2) is 5.97 Å². The smallest absolute Gasteiger partial charge is 0.314 e. The molecule has 3 rings (SSSR count). The van der Waals surface area contributed by atoms with Crippen molar-refractivity contribution < 1.29 is 9.53 Å². The summed E-state index contributed by atoms with van der Waals surface area (Å²) in [7, 11) is 0. The lowest BCUT2D eigenvalue weighted by Gasteiger charge is -2.20. The first-order chi connectivity index (χ1) is 14.2. The van der Waals surface area contributed by atoms with E-state index in [4.69, 9.17) is 16.3 Å². The molecule has 2 aromatic carbocycles. The lowest BCUT2D eigenvalue weighted by molar-refractivity contribution is -0.139. The highest BCUT2D eigenvalue weighted by Gasteiger charge is 2.23. The summed E-state index contributed by atoms with van der Waals surface area (Å²) in [4.78, 5) is 12.4. The Balaban J connectivity index is 1.57. The van der Waals surface area contributed by atoms with Gasteiger partial charge in [-0.3, -0.25) is 4.79 Å². The zero-order valence-electron chi connectivity index (χ0n) is 17.6. The number of hydrogen-bond acceptors (Lipinski definition) is 2. The first-order valence-corrected chi connectivity index (χ1v) is 11.7. The molecule has 0 amide bonds. The fraction of sp³-hybridized carbons (Fsp3) is 0.500.